The smallest absolute Gasteiger partial charge is 0.257 e. The summed E-state index contributed by atoms with van der Waals surface area (Å²) < 4.78 is 12.9. The Morgan fingerprint density at radius 1 is 1.15 bits per heavy atom. The SMILES string of the molecule is COc1cccc(OCC(=O)NCCc2nc3ccccc3n2C(C)C)c1. The van der Waals surface area contributed by atoms with Crippen molar-refractivity contribution in [1.29, 1.82) is 0 Å². The monoisotopic (exact) mass is 367 g/mol. The van der Waals surface area contributed by atoms with Crippen LogP contribution in [0.4, 0.5) is 0 Å². The summed E-state index contributed by atoms with van der Waals surface area (Å²) in [4.78, 5) is 16.8. The van der Waals surface area contributed by atoms with E-state index in [0.717, 1.165) is 16.9 Å². The van der Waals surface area contributed by atoms with Crippen molar-refractivity contribution < 1.29 is 14.3 Å². The number of carbonyl (C=O) groups is 1. The second kappa shape index (κ2) is 8.58. The number of nitrogens with zero attached hydrogens (tertiary/aromatic N) is 2. The van der Waals surface area contributed by atoms with Crippen molar-refractivity contribution in [3.05, 3.63) is 54.4 Å². The van der Waals surface area contributed by atoms with E-state index < -0.39 is 0 Å². The topological polar surface area (TPSA) is 65.4 Å². The highest BCUT2D eigenvalue weighted by Crippen LogP contribution is 2.21. The van der Waals surface area contributed by atoms with Crippen LogP contribution < -0.4 is 14.8 Å². The first-order valence-electron chi connectivity index (χ1n) is 9.08. The Kier molecular flexibility index (Phi) is 5.96. The molecule has 0 bridgehead atoms. The number of amides is 1. The molecular weight excluding hydrogens is 342 g/mol. The molecule has 0 saturated carbocycles. The van der Waals surface area contributed by atoms with Gasteiger partial charge in [-0.3, -0.25) is 4.79 Å². The van der Waals surface area contributed by atoms with Crippen LogP contribution in [-0.2, 0) is 11.2 Å². The molecule has 0 saturated heterocycles. The first kappa shape index (κ1) is 18.8. The van der Waals surface area contributed by atoms with Gasteiger partial charge in [0.15, 0.2) is 6.61 Å². The third kappa shape index (κ3) is 4.58. The zero-order valence-corrected chi connectivity index (χ0v) is 15.9. The normalized spacial score (nSPS) is 11.0. The first-order chi connectivity index (χ1) is 13.1. The number of benzene rings is 2. The maximum Gasteiger partial charge on any atom is 0.257 e. The van der Waals surface area contributed by atoms with Gasteiger partial charge in [0.1, 0.15) is 17.3 Å². The van der Waals surface area contributed by atoms with Crippen LogP contribution in [0.15, 0.2) is 48.5 Å². The molecule has 2 aromatic carbocycles. The maximum atomic E-state index is 12.1. The Hall–Kier alpha value is -3.02. The minimum absolute atomic E-state index is 0.0340. The average molecular weight is 367 g/mol. The van der Waals surface area contributed by atoms with E-state index in [1.807, 2.05) is 30.3 Å². The molecule has 0 atom stereocenters. The molecule has 0 fully saturated rings. The van der Waals surface area contributed by atoms with E-state index >= 15 is 0 Å². The highest BCUT2D eigenvalue weighted by molar-refractivity contribution is 5.78. The molecule has 3 aromatic rings. The zero-order valence-electron chi connectivity index (χ0n) is 15.9. The third-order valence-electron chi connectivity index (χ3n) is 4.27. The summed E-state index contributed by atoms with van der Waals surface area (Å²) in [5.41, 5.74) is 2.10. The number of carbonyl (C=O) groups excluding carboxylic acids is 1. The van der Waals surface area contributed by atoms with Gasteiger partial charge in [-0.2, -0.15) is 0 Å². The molecule has 0 aliphatic rings. The average Bonchev–Trinajstić information content (AvgIpc) is 3.05. The van der Waals surface area contributed by atoms with Crippen molar-refractivity contribution in [3.8, 4) is 11.5 Å². The Labute approximate surface area is 159 Å². The van der Waals surface area contributed by atoms with Gasteiger partial charge in [-0.05, 0) is 38.1 Å². The van der Waals surface area contributed by atoms with Crippen LogP contribution in [0.25, 0.3) is 11.0 Å². The molecule has 6 nitrogen and oxygen atoms in total. The maximum absolute atomic E-state index is 12.1. The van der Waals surface area contributed by atoms with E-state index in [9.17, 15) is 4.79 Å². The number of aromatic nitrogens is 2. The number of imidazole rings is 1. The van der Waals surface area contributed by atoms with Crippen LogP contribution in [0.2, 0.25) is 0 Å². The lowest BCUT2D eigenvalue weighted by atomic mass is 10.3. The summed E-state index contributed by atoms with van der Waals surface area (Å²) in [5, 5.41) is 2.89. The quantitative estimate of drug-likeness (QED) is 0.663. The lowest BCUT2D eigenvalue weighted by molar-refractivity contribution is -0.123. The van der Waals surface area contributed by atoms with Crippen LogP contribution >= 0.6 is 0 Å². The fraction of sp³-hybridized carbons (Fsp3) is 0.333. The van der Waals surface area contributed by atoms with Gasteiger partial charge < -0.3 is 19.4 Å². The zero-order chi connectivity index (χ0) is 19.2. The van der Waals surface area contributed by atoms with Gasteiger partial charge in [0.25, 0.3) is 5.91 Å². The van der Waals surface area contributed by atoms with E-state index in [4.69, 9.17) is 14.5 Å². The number of nitrogens with one attached hydrogen (secondary N) is 1. The van der Waals surface area contributed by atoms with Crippen molar-refractivity contribution in [2.45, 2.75) is 26.3 Å². The van der Waals surface area contributed by atoms with Gasteiger partial charge in [0, 0.05) is 25.1 Å². The van der Waals surface area contributed by atoms with Gasteiger partial charge in [-0.25, -0.2) is 4.98 Å². The fourth-order valence-electron chi connectivity index (χ4n) is 3.05. The minimum Gasteiger partial charge on any atom is -0.497 e. The molecule has 142 valence electrons. The fourth-order valence-corrected chi connectivity index (χ4v) is 3.05. The molecule has 27 heavy (non-hydrogen) atoms. The summed E-state index contributed by atoms with van der Waals surface area (Å²) in [6, 6.07) is 15.6. The van der Waals surface area contributed by atoms with Gasteiger partial charge in [-0.15, -0.1) is 0 Å². The van der Waals surface area contributed by atoms with E-state index in [0.29, 0.717) is 30.5 Å². The Morgan fingerprint density at radius 3 is 2.70 bits per heavy atom. The van der Waals surface area contributed by atoms with Crippen LogP contribution in [-0.4, -0.2) is 35.7 Å². The molecule has 3 rings (SSSR count). The molecule has 0 unspecified atom stereocenters. The summed E-state index contributed by atoms with van der Waals surface area (Å²) in [7, 11) is 1.59. The molecule has 1 heterocycles. The number of rotatable bonds is 8. The molecule has 0 radical (unpaired) electrons. The van der Waals surface area contributed by atoms with E-state index in [1.54, 1.807) is 19.2 Å². The van der Waals surface area contributed by atoms with Crippen molar-refractivity contribution >= 4 is 16.9 Å². The predicted molar refractivity (Wildman–Crippen MR) is 105 cm³/mol. The largest absolute Gasteiger partial charge is 0.497 e. The van der Waals surface area contributed by atoms with Crippen molar-refractivity contribution in [1.82, 2.24) is 14.9 Å². The molecule has 0 aliphatic heterocycles. The van der Waals surface area contributed by atoms with Gasteiger partial charge in [0.2, 0.25) is 0 Å². The summed E-state index contributed by atoms with van der Waals surface area (Å²) in [6.07, 6.45) is 0.664. The highest BCUT2D eigenvalue weighted by atomic mass is 16.5. The Bertz CT molecular complexity index is 918. The number of methoxy groups -OCH3 is 1. The highest BCUT2D eigenvalue weighted by Gasteiger charge is 2.13. The van der Waals surface area contributed by atoms with E-state index in [2.05, 4.69) is 29.8 Å². The molecule has 6 heteroatoms. The standard InChI is InChI=1S/C21H25N3O3/c1-15(2)24-19-10-5-4-9-18(19)23-20(24)11-12-22-21(25)14-27-17-8-6-7-16(13-17)26-3/h4-10,13,15H,11-12,14H2,1-3H3,(H,22,25). The molecule has 0 spiro atoms. The summed E-state index contributed by atoms with van der Waals surface area (Å²) >= 11 is 0. The molecule has 0 aliphatic carbocycles. The van der Waals surface area contributed by atoms with Crippen molar-refractivity contribution in [2.75, 3.05) is 20.3 Å². The number of fused-ring (bicyclic) bond motifs is 1. The van der Waals surface area contributed by atoms with Gasteiger partial charge in [0.05, 0.1) is 18.1 Å². The van der Waals surface area contributed by atoms with Crippen LogP contribution in [0.5, 0.6) is 11.5 Å². The second-order valence-electron chi connectivity index (χ2n) is 6.55. The number of ether oxygens (including phenoxy) is 2. The lowest BCUT2D eigenvalue weighted by Gasteiger charge is -2.13. The summed E-state index contributed by atoms with van der Waals surface area (Å²) in [5.74, 6) is 2.11. The Balaban J connectivity index is 1.54. The lowest BCUT2D eigenvalue weighted by Crippen LogP contribution is -2.31. The van der Waals surface area contributed by atoms with Crippen LogP contribution in [0.1, 0.15) is 25.7 Å². The minimum atomic E-state index is -0.162. The molecular formula is C21H25N3O3. The summed E-state index contributed by atoms with van der Waals surface area (Å²) in [6.45, 7) is 4.75. The predicted octanol–water partition coefficient (Wildman–Crippen LogP) is 3.36. The molecule has 1 N–H and O–H groups in total. The van der Waals surface area contributed by atoms with Crippen LogP contribution in [0.3, 0.4) is 0 Å². The van der Waals surface area contributed by atoms with Gasteiger partial charge >= 0.3 is 0 Å². The van der Waals surface area contributed by atoms with Crippen molar-refractivity contribution in [2.24, 2.45) is 0 Å². The number of hydrogen-bond acceptors (Lipinski definition) is 4. The first-order valence-corrected chi connectivity index (χ1v) is 9.08. The number of hydrogen-bond donors (Lipinski definition) is 1. The molecule has 1 aromatic heterocycles. The van der Waals surface area contributed by atoms with Crippen LogP contribution in [0, 0.1) is 0 Å². The van der Waals surface area contributed by atoms with E-state index in [-0.39, 0.29) is 12.5 Å². The van der Waals surface area contributed by atoms with Crippen molar-refractivity contribution in [3.63, 3.8) is 0 Å². The third-order valence-corrected chi connectivity index (χ3v) is 4.27. The molecule has 1 amide bonds. The second-order valence-corrected chi connectivity index (χ2v) is 6.55. The van der Waals surface area contributed by atoms with E-state index in [1.165, 1.54) is 0 Å². The Morgan fingerprint density at radius 2 is 1.93 bits per heavy atom. The number of para-hydroxylation sites is 2. The van der Waals surface area contributed by atoms with Gasteiger partial charge in [-0.1, -0.05) is 18.2 Å².